The molecular formula is C22H23N3O3. The second-order valence-electron chi connectivity index (χ2n) is 7.65. The molecule has 0 aliphatic carbocycles. The summed E-state index contributed by atoms with van der Waals surface area (Å²) in [6.45, 7) is 6.55. The van der Waals surface area contributed by atoms with Gasteiger partial charge in [0.25, 0.3) is 0 Å². The fourth-order valence-electron chi connectivity index (χ4n) is 4.29. The van der Waals surface area contributed by atoms with Crippen LogP contribution in [-0.4, -0.2) is 24.3 Å². The molecule has 0 spiro atoms. The van der Waals surface area contributed by atoms with Crippen LogP contribution in [0, 0.1) is 20.8 Å². The zero-order valence-corrected chi connectivity index (χ0v) is 16.3. The third-order valence-electron chi connectivity index (χ3n) is 5.39. The maximum absolute atomic E-state index is 12.4. The highest BCUT2D eigenvalue weighted by Crippen LogP contribution is 2.38. The molecule has 0 saturated carbocycles. The Labute approximate surface area is 163 Å². The van der Waals surface area contributed by atoms with Crippen molar-refractivity contribution >= 4 is 34.8 Å². The lowest BCUT2D eigenvalue weighted by Crippen LogP contribution is -2.31. The van der Waals surface area contributed by atoms with Gasteiger partial charge in [-0.25, -0.2) is 0 Å². The third-order valence-corrected chi connectivity index (χ3v) is 5.39. The fraction of sp³-hybridized carbons (Fsp3) is 0.318. The Morgan fingerprint density at radius 1 is 0.929 bits per heavy atom. The molecule has 0 bridgehead atoms. The van der Waals surface area contributed by atoms with Crippen molar-refractivity contribution in [3.8, 4) is 0 Å². The van der Waals surface area contributed by atoms with Gasteiger partial charge in [-0.3, -0.25) is 14.4 Å². The van der Waals surface area contributed by atoms with Crippen molar-refractivity contribution in [2.75, 3.05) is 22.1 Å². The van der Waals surface area contributed by atoms with E-state index in [0.717, 1.165) is 52.9 Å². The molecule has 3 amide bonds. The van der Waals surface area contributed by atoms with Crippen LogP contribution in [0.3, 0.4) is 0 Å². The number of nitrogens with zero attached hydrogens (tertiary/aromatic N) is 1. The van der Waals surface area contributed by atoms with Gasteiger partial charge in [0, 0.05) is 17.9 Å². The van der Waals surface area contributed by atoms with Crippen LogP contribution in [0.2, 0.25) is 0 Å². The zero-order chi connectivity index (χ0) is 20.0. The first-order chi connectivity index (χ1) is 13.3. The van der Waals surface area contributed by atoms with Crippen LogP contribution in [0.1, 0.15) is 34.2 Å². The van der Waals surface area contributed by atoms with Crippen molar-refractivity contribution < 1.29 is 14.4 Å². The van der Waals surface area contributed by atoms with Gasteiger partial charge in [-0.2, -0.15) is 0 Å². The van der Waals surface area contributed by atoms with E-state index in [1.54, 1.807) is 6.07 Å². The Hall–Kier alpha value is -3.15. The summed E-state index contributed by atoms with van der Waals surface area (Å²) >= 11 is 0. The molecule has 2 aromatic carbocycles. The molecule has 28 heavy (non-hydrogen) atoms. The Bertz CT molecular complexity index is 1000. The van der Waals surface area contributed by atoms with Crippen molar-refractivity contribution in [2.24, 2.45) is 0 Å². The molecule has 2 aliphatic rings. The molecule has 2 aliphatic heterocycles. The lowest BCUT2D eigenvalue weighted by atomic mass is 9.99. The fourth-order valence-corrected chi connectivity index (χ4v) is 4.29. The number of hydrogen-bond donors (Lipinski definition) is 2. The number of anilines is 3. The van der Waals surface area contributed by atoms with E-state index in [1.807, 2.05) is 43.9 Å². The van der Waals surface area contributed by atoms with Crippen LogP contribution in [-0.2, 0) is 27.2 Å². The summed E-state index contributed by atoms with van der Waals surface area (Å²) < 4.78 is 0. The number of nitrogens with one attached hydrogen (secondary N) is 2. The first kappa shape index (κ1) is 18.2. The average Bonchev–Trinajstić information content (AvgIpc) is 2.95. The molecular weight excluding hydrogens is 354 g/mol. The second-order valence-corrected chi connectivity index (χ2v) is 7.65. The largest absolute Gasteiger partial charge is 0.318 e. The minimum atomic E-state index is -0.719. The van der Waals surface area contributed by atoms with Gasteiger partial charge in [0.1, 0.15) is 0 Å². The minimum Gasteiger partial charge on any atom is -0.318 e. The summed E-state index contributed by atoms with van der Waals surface area (Å²) in [4.78, 5) is 38.9. The van der Waals surface area contributed by atoms with Gasteiger partial charge in [0.05, 0.1) is 12.1 Å². The summed E-state index contributed by atoms with van der Waals surface area (Å²) in [5.74, 6) is -1.33. The normalized spacial score (nSPS) is 14.7. The Morgan fingerprint density at radius 3 is 2.29 bits per heavy atom. The number of rotatable bonds is 2. The summed E-state index contributed by atoms with van der Waals surface area (Å²) in [6, 6.07) is 7.61. The zero-order valence-electron chi connectivity index (χ0n) is 16.3. The third kappa shape index (κ3) is 3.15. The Balaban J connectivity index is 1.53. The lowest BCUT2D eigenvalue weighted by molar-refractivity contribution is -0.133. The molecule has 0 unspecified atom stereocenters. The van der Waals surface area contributed by atoms with Gasteiger partial charge in [-0.05, 0) is 68.0 Å². The van der Waals surface area contributed by atoms with E-state index < -0.39 is 11.8 Å². The predicted molar refractivity (Wildman–Crippen MR) is 109 cm³/mol. The molecule has 0 fully saturated rings. The van der Waals surface area contributed by atoms with Crippen molar-refractivity contribution in [2.45, 2.75) is 40.0 Å². The smallest absolute Gasteiger partial charge is 0.314 e. The summed E-state index contributed by atoms with van der Waals surface area (Å²) in [5, 5.41) is 5.41. The first-order valence-corrected chi connectivity index (χ1v) is 9.50. The molecule has 2 heterocycles. The number of carbonyl (C=O) groups is 3. The summed E-state index contributed by atoms with van der Waals surface area (Å²) in [6.07, 6.45) is 2.12. The molecule has 2 aromatic rings. The van der Waals surface area contributed by atoms with E-state index in [0.29, 0.717) is 17.8 Å². The van der Waals surface area contributed by atoms with E-state index in [9.17, 15) is 14.4 Å². The molecule has 0 aromatic heterocycles. The SMILES string of the molecule is Cc1cc(C)c(NC(=O)C(=O)Nc2cc3c4c(c2)CC(=O)N4CCC3)c(C)c1. The van der Waals surface area contributed by atoms with E-state index in [4.69, 9.17) is 0 Å². The number of hydrogen-bond acceptors (Lipinski definition) is 3. The molecule has 6 nitrogen and oxygen atoms in total. The Kier molecular flexibility index (Phi) is 4.41. The maximum atomic E-state index is 12.4. The van der Waals surface area contributed by atoms with E-state index in [2.05, 4.69) is 10.6 Å². The molecule has 2 N–H and O–H groups in total. The highest BCUT2D eigenvalue weighted by Gasteiger charge is 2.32. The number of aryl methyl sites for hydroxylation is 4. The molecule has 0 radical (unpaired) electrons. The standard InChI is InChI=1S/C22H23N3O3/c1-12-7-13(2)19(14(3)8-12)24-22(28)21(27)23-17-9-15-5-4-6-25-18(26)11-16(10-17)20(15)25/h7-10H,4-6,11H2,1-3H3,(H,23,27)(H,24,28). The second kappa shape index (κ2) is 6.78. The minimum absolute atomic E-state index is 0.0995. The molecule has 0 atom stereocenters. The van der Waals surface area contributed by atoms with Gasteiger partial charge in [-0.15, -0.1) is 0 Å². The monoisotopic (exact) mass is 377 g/mol. The van der Waals surface area contributed by atoms with Crippen molar-refractivity contribution in [3.63, 3.8) is 0 Å². The molecule has 144 valence electrons. The first-order valence-electron chi connectivity index (χ1n) is 9.50. The van der Waals surface area contributed by atoms with Crippen molar-refractivity contribution in [1.29, 1.82) is 0 Å². The lowest BCUT2D eigenvalue weighted by Gasteiger charge is -2.26. The van der Waals surface area contributed by atoms with E-state index >= 15 is 0 Å². The van der Waals surface area contributed by atoms with Crippen LogP contribution in [0.5, 0.6) is 0 Å². The highest BCUT2D eigenvalue weighted by atomic mass is 16.2. The van der Waals surface area contributed by atoms with Crippen LogP contribution in [0.25, 0.3) is 0 Å². The van der Waals surface area contributed by atoms with Crippen molar-refractivity contribution in [3.05, 3.63) is 52.1 Å². The summed E-state index contributed by atoms with van der Waals surface area (Å²) in [7, 11) is 0. The summed E-state index contributed by atoms with van der Waals surface area (Å²) in [5.41, 5.74) is 7.12. The molecule has 6 heteroatoms. The predicted octanol–water partition coefficient (Wildman–Crippen LogP) is 3.02. The van der Waals surface area contributed by atoms with E-state index in [-0.39, 0.29) is 5.91 Å². The van der Waals surface area contributed by atoms with E-state index in [1.165, 1.54) is 0 Å². The van der Waals surface area contributed by atoms with Gasteiger partial charge in [0.15, 0.2) is 0 Å². The van der Waals surface area contributed by atoms with Crippen LogP contribution >= 0.6 is 0 Å². The van der Waals surface area contributed by atoms with Gasteiger partial charge >= 0.3 is 11.8 Å². The number of benzene rings is 2. The molecule has 0 saturated heterocycles. The quantitative estimate of drug-likeness (QED) is 0.790. The average molecular weight is 377 g/mol. The number of carbonyl (C=O) groups excluding carboxylic acids is 3. The van der Waals surface area contributed by atoms with Crippen LogP contribution in [0.4, 0.5) is 17.1 Å². The van der Waals surface area contributed by atoms with Crippen LogP contribution in [0.15, 0.2) is 24.3 Å². The van der Waals surface area contributed by atoms with Crippen LogP contribution < -0.4 is 15.5 Å². The van der Waals surface area contributed by atoms with Gasteiger partial charge in [0.2, 0.25) is 5.91 Å². The Morgan fingerprint density at radius 2 is 1.57 bits per heavy atom. The maximum Gasteiger partial charge on any atom is 0.314 e. The van der Waals surface area contributed by atoms with Gasteiger partial charge < -0.3 is 15.5 Å². The number of amides is 3. The highest BCUT2D eigenvalue weighted by molar-refractivity contribution is 6.43. The van der Waals surface area contributed by atoms with Crippen molar-refractivity contribution in [1.82, 2.24) is 0 Å². The molecule has 4 rings (SSSR count). The topological polar surface area (TPSA) is 78.5 Å². The van der Waals surface area contributed by atoms with Gasteiger partial charge in [-0.1, -0.05) is 17.7 Å².